The van der Waals surface area contributed by atoms with E-state index in [4.69, 9.17) is 15.2 Å². The third-order valence-corrected chi connectivity index (χ3v) is 11.3. The second kappa shape index (κ2) is 21.7. The van der Waals surface area contributed by atoms with Crippen molar-refractivity contribution < 1.29 is 33.4 Å². The van der Waals surface area contributed by atoms with Crippen molar-refractivity contribution in [3.8, 4) is 0 Å². The van der Waals surface area contributed by atoms with Gasteiger partial charge in [0.05, 0.1) is 42.7 Å². The van der Waals surface area contributed by atoms with E-state index in [9.17, 15) is 29.5 Å². The fraction of sp³-hybridized carbons (Fsp3) is 0.718. The van der Waals surface area contributed by atoms with E-state index in [1.807, 2.05) is 58.0 Å². The van der Waals surface area contributed by atoms with E-state index >= 15 is 0 Å². The maximum Gasteiger partial charge on any atom is 0.246 e. The molecular formula is C39H65N9O7. The highest BCUT2D eigenvalue weighted by Crippen LogP contribution is 2.39. The number of methoxy groups -OCH3 is 2. The number of likely N-dealkylation sites (N-methyl/N-ethyl adjacent to an activating group) is 2. The van der Waals surface area contributed by atoms with Crippen molar-refractivity contribution in [3.05, 3.63) is 46.3 Å². The van der Waals surface area contributed by atoms with E-state index in [1.54, 1.807) is 37.7 Å². The van der Waals surface area contributed by atoms with Gasteiger partial charge in [-0.2, -0.15) is 0 Å². The van der Waals surface area contributed by atoms with Crippen LogP contribution in [0.3, 0.4) is 0 Å². The van der Waals surface area contributed by atoms with Gasteiger partial charge in [0.25, 0.3) is 0 Å². The lowest BCUT2D eigenvalue weighted by Crippen LogP contribution is -2.72. The summed E-state index contributed by atoms with van der Waals surface area (Å²) in [5.41, 5.74) is 14.3. The number of nitrogens with zero attached hydrogens (tertiary/aromatic N) is 5. The summed E-state index contributed by atoms with van der Waals surface area (Å²) >= 11 is 0. The maximum atomic E-state index is 14.4. The van der Waals surface area contributed by atoms with Crippen molar-refractivity contribution in [2.75, 3.05) is 41.9 Å². The summed E-state index contributed by atoms with van der Waals surface area (Å²) in [6.45, 7) is 11.3. The maximum absolute atomic E-state index is 14.4. The first-order valence-electron chi connectivity index (χ1n) is 19.2. The van der Waals surface area contributed by atoms with Gasteiger partial charge in [-0.1, -0.05) is 83.4 Å². The van der Waals surface area contributed by atoms with Gasteiger partial charge in [-0.15, -0.1) is 0 Å². The number of hydrogen-bond donors (Lipinski definition) is 4. The zero-order chi connectivity index (χ0) is 41.6. The van der Waals surface area contributed by atoms with Crippen LogP contribution >= 0.6 is 0 Å². The Labute approximate surface area is 326 Å². The Hall–Kier alpha value is -4.24. The highest BCUT2D eigenvalue weighted by atomic mass is 16.5. The van der Waals surface area contributed by atoms with Gasteiger partial charge in [0, 0.05) is 45.1 Å². The topological polar surface area (TPSA) is 221 Å². The highest BCUT2D eigenvalue weighted by molar-refractivity contribution is 5.94. The summed E-state index contributed by atoms with van der Waals surface area (Å²) in [5.74, 6) is -4.48. The Morgan fingerprint density at radius 3 is 2.18 bits per heavy atom. The van der Waals surface area contributed by atoms with Crippen molar-refractivity contribution in [1.82, 2.24) is 25.8 Å². The average Bonchev–Trinajstić information content (AvgIpc) is 3.63. The Balaban J connectivity index is 2.52. The summed E-state index contributed by atoms with van der Waals surface area (Å²) in [6.07, 6.45) is 0.145. The molecule has 1 aliphatic rings. The van der Waals surface area contributed by atoms with Crippen molar-refractivity contribution in [3.63, 3.8) is 0 Å². The van der Waals surface area contributed by atoms with E-state index in [0.29, 0.717) is 25.8 Å². The molecule has 308 valence electrons. The molecule has 1 fully saturated rings. The van der Waals surface area contributed by atoms with Crippen LogP contribution in [0.1, 0.15) is 72.8 Å². The molecule has 55 heavy (non-hydrogen) atoms. The number of likely N-dealkylation sites (tertiary alicyclic amines) is 1. The van der Waals surface area contributed by atoms with Crippen LogP contribution < -0.4 is 21.7 Å². The van der Waals surface area contributed by atoms with Gasteiger partial charge < -0.3 is 36.1 Å². The van der Waals surface area contributed by atoms with E-state index in [1.165, 1.54) is 21.3 Å². The molecule has 0 saturated carbocycles. The molecule has 10 atom stereocenters. The van der Waals surface area contributed by atoms with Crippen molar-refractivity contribution in [1.29, 1.82) is 0 Å². The zero-order valence-corrected chi connectivity index (χ0v) is 34.6. The van der Waals surface area contributed by atoms with Gasteiger partial charge in [0.15, 0.2) is 0 Å². The number of nitrogens with two attached hydrogens (primary N) is 1. The normalized spacial score (nSPS) is 19.8. The summed E-state index contributed by atoms with van der Waals surface area (Å²) in [6, 6.07) is 6.07. The number of azide groups is 1. The first-order chi connectivity index (χ1) is 26.0. The minimum absolute atomic E-state index is 0.134. The number of ether oxygens (including phenoxy) is 2. The zero-order valence-electron chi connectivity index (χ0n) is 34.6. The molecule has 16 nitrogen and oxygen atoms in total. The average molecular weight is 772 g/mol. The van der Waals surface area contributed by atoms with Crippen LogP contribution in [0.2, 0.25) is 0 Å². The quantitative estimate of drug-likeness (QED) is 0.0778. The van der Waals surface area contributed by atoms with Gasteiger partial charge in [-0.25, -0.2) is 0 Å². The number of primary amides is 1. The minimum Gasteiger partial charge on any atom is -0.381 e. The van der Waals surface area contributed by atoms with Gasteiger partial charge >= 0.3 is 0 Å². The molecule has 2 unspecified atom stereocenters. The molecular weight excluding hydrogens is 706 g/mol. The molecule has 0 radical (unpaired) electrons. The molecule has 1 aliphatic heterocycles. The van der Waals surface area contributed by atoms with E-state index < -0.39 is 77.4 Å². The SMILES string of the molecule is CC[C@H](C)[C@H](C(CC(=O)N1CCC[C@H]1[C@H](OC)[C@@H](C)C(=O)N[C@@H](Cc1ccccc1)C(N)=O)OC)C(NC(=O)[C@H](C(C)C)N(C)C)(C(=O)NC)[C@@H](C)N=[N+]=[N-]. The van der Waals surface area contributed by atoms with E-state index in [-0.39, 0.29) is 30.6 Å². The first kappa shape index (κ1) is 46.9. The molecule has 5 N–H and O–H groups in total. The smallest absolute Gasteiger partial charge is 0.246 e. The molecule has 1 saturated heterocycles. The summed E-state index contributed by atoms with van der Waals surface area (Å²) in [7, 11) is 7.93. The molecule has 1 aromatic rings. The van der Waals surface area contributed by atoms with Crippen LogP contribution in [0, 0.1) is 23.7 Å². The van der Waals surface area contributed by atoms with Crippen molar-refractivity contribution >= 4 is 29.5 Å². The predicted molar refractivity (Wildman–Crippen MR) is 210 cm³/mol. The largest absolute Gasteiger partial charge is 0.381 e. The van der Waals surface area contributed by atoms with Crippen LogP contribution in [0.5, 0.6) is 0 Å². The standard InChI is InChI=1S/C39H65N9O7/c1-12-24(4)32(39(38(53)42-7,26(6)45-46-41)44-37(52)33(23(2)3)47(8)9)30(54-10)22-31(49)48-20-16-19-29(48)34(55-11)25(5)36(51)43-28(35(40)50)21-27-17-14-13-15-18-27/h13-15,17-18,23-26,28-30,32-34H,12,16,19-22H2,1-11H3,(H2,40,50)(H,42,53)(H,43,51)(H,44,52)/t24-,25+,26+,28-,29-,30?,32+,33-,34+,39?/m0/s1. The van der Waals surface area contributed by atoms with Crippen molar-refractivity contribution in [2.45, 2.75) is 116 Å². The third-order valence-electron chi connectivity index (χ3n) is 11.3. The lowest BCUT2D eigenvalue weighted by molar-refractivity contribution is -0.149. The number of hydrogen-bond acceptors (Lipinski definition) is 9. The molecule has 0 bridgehead atoms. The van der Waals surface area contributed by atoms with E-state index in [0.717, 1.165) is 5.56 Å². The number of nitrogens with one attached hydrogen (secondary N) is 3. The van der Waals surface area contributed by atoms with Crippen LogP contribution in [0.25, 0.3) is 10.4 Å². The van der Waals surface area contributed by atoms with E-state index in [2.05, 4.69) is 26.0 Å². The third kappa shape index (κ3) is 11.4. The minimum atomic E-state index is -1.82. The van der Waals surface area contributed by atoms with Crippen LogP contribution in [0.15, 0.2) is 35.4 Å². The highest BCUT2D eigenvalue weighted by Gasteiger charge is 2.56. The molecule has 0 spiro atoms. The lowest BCUT2D eigenvalue weighted by atomic mass is 9.67. The molecule has 1 aromatic carbocycles. The van der Waals surface area contributed by atoms with Gasteiger partial charge in [-0.05, 0) is 49.9 Å². The van der Waals surface area contributed by atoms with Crippen LogP contribution in [-0.2, 0) is 39.9 Å². The van der Waals surface area contributed by atoms with Gasteiger partial charge in [0.1, 0.15) is 11.6 Å². The number of amides is 5. The molecule has 5 amide bonds. The lowest BCUT2D eigenvalue weighted by Gasteiger charge is -2.48. The first-order valence-corrected chi connectivity index (χ1v) is 19.2. The Bertz CT molecular complexity index is 1480. The summed E-state index contributed by atoms with van der Waals surface area (Å²) in [5, 5.41) is 12.5. The van der Waals surface area contributed by atoms with Crippen molar-refractivity contribution in [2.24, 2.45) is 34.5 Å². The predicted octanol–water partition coefficient (Wildman–Crippen LogP) is 2.79. The monoisotopic (exact) mass is 772 g/mol. The molecule has 16 heteroatoms. The number of rotatable bonds is 22. The number of benzene rings is 1. The van der Waals surface area contributed by atoms with Crippen LogP contribution in [-0.4, -0.2) is 123 Å². The summed E-state index contributed by atoms with van der Waals surface area (Å²) in [4.78, 5) is 75.3. The summed E-state index contributed by atoms with van der Waals surface area (Å²) < 4.78 is 12.0. The molecule has 0 aliphatic carbocycles. The molecule has 1 heterocycles. The van der Waals surface area contributed by atoms with Gasteiger partial charge in [-0.3, -0.25) is 28.9 Å². The van der Waals surface area contributed by atoms with Gasteiger partial charge in [0.2, 0.25) is 29.5 Å². The fourth-order valence-electron chi connectivity index (χ4n) is 8.32. The molecule has 2 rings (SSSR count). The fourth-order valence-corrected chi connectivity index (χ4v) is 8.32. The second-order valence-electron chi connectivity index (χ2n) is 15.3. The second-order valence-corrected chi connectivity index (χ2v) is 15.3. The van der Waals surface area contributed by atoms with Crippen LogP contribution in [0.4, 0.5) is 0 Å². The number of carbonyl (C=O) groups excluding carboxylic acids is 5. The number of carbonyl (C=O) groups is 5. The Morgan fingerprint density at radius 1 is 1.05 bits per heavy atom. The Kier molecular flexibility index (Phi) is 18.5. The molecule has 0 aromatic heterocycles. The Morgan fingerprint density at radius 2 is 1.69 bits per heavy atom.